The molecule has 0 saturated carbocycles. The van der Waals surface area contributed by atoms with Gasteiger partial charge in [0.05, 0.1) is 11.4 Å². The van der Waals surface area contributed by atoms with Crippen LogP contribution in [-0.2, 0) is 0 Å². The van der Waals surface area contributed by atoms with Crippen LogP contribution in [0.5, 0.6) is 11.5 Å². The molecule has 0 unspecified atom stereocenters. The van der Waals surface area contributed by atoms with Gasteiger partial charge in [-0.05, 0) is 49.2 Å². The van der Waals surface area contributed by atoms with Crippen LogP contribution in [0.3, 0.4) is 0 Å². The Kier molecular flexibility index (Phi) is 4.55. The van der Waals surface area contributed by atoms with E-state index >= 15 is 0 Å². The average molecular weight is 388 g/mol. The number of para-hydroxylation sites is 2. The van der Waals surface area contributed by atoms with Crippen molar-refractivity contribution in [2.75, 3.05) is 18.0 Å². The van der Waals surface area contributed by atoms with E-state index in [2.05, 4.69) is 21.9 Å². The minimum Gasteiger partial charge on any atom is -0.453 e. The van der Waals surface area contributed by atoms with Crippen molar-refractivity contribution in [1.82, 2.24) is 4.90 Å². The predicted molar refractivity (Wildman–Crippen MR) is 108 cm³/mol. The maximum Gasteiger partial charge on any atom is 0.151 e. The summed E-state index contributed by atoms with van der Waals surface area (Å²) in [5.41, 5.74) is 2.01. The zero-order valence-corrected chi connectivity index (χ0v) is 15.8. The minimum atomic E-state index is 0. The number of ether oxygens (including phenoxy) is 1. The zero-order valence-electron chi connectivity index (χ0n) is 14.2. The number of rotatable bonds is 1. The van der Waals surface area contributed by atoms with Crippen molar-refractivity contribution in [2.24, 2.45) is 4.99 Å². The Hall–Kier alpha value is -2.17. The maximum absolute atomic E-state index is 6.30. The second-order valence-corrected chi connectivity index (χ2v) is 6.86. The van der Waals surface area contributed by atoms with Crippen LogP contribution in [0.1, 0.15) is 19.3 Å². The third-order valence-electron chi connectivity index (χ3n) is 4.84. The highest BCUT2D eigenvalue weighted by Gasteiger charge is 2.33. The Morgan fingerprint density at radius 2 is 1.88 bits per heavy atom. The van der Waals surface area contributed by atoms with Crippen LogP contribution in [0.25, 0.3) is 0 Å². The molecule has 0 N–H and O–H groups in total. The lowest BCUT2D eigenvalue weighted by atomic mass is 10.1. The Labute approximate surface area is 164 Å². The molecule has 5 rings (SSSR count). The molecule has 3 heterocycles. The predicted octanol–water partition coefficient (Wildman–Crippen LogP) is 5.75. The first-order valence-corrected chi connectivity index (χ1v) is 9.07. The number of fused-ring (bicyclic) bond motifs is 2. The number of anilines is 2. The Morgan fingerprint density at radius 1 is 1.04 bits per heavy atom. The largest absolute Gasteiger partial charge is 0.453 e. The standard InChI is InChI=1S/C20H18ClN3O.ClH/c21-14-9-10-18-16(13-14)24(15-5-1-2-6-17(15)25-18)20-8-4-12-23(20)19-7-3-11-22-19;/h1-2,5-6,8-10,13H,3-4,7,11-12H2;1H. The summed E-state index contributed by atoms with van der Waals surface area (Å²) in [6.45, 7) is 1.91. The van der Waals surface area contributed by atoms with Crippen LogP contribution < -0.4 is 9.64 Å². The van der Waals surface area contributed by atoms with Gasteiger partial charge in [-0.1, -0.05) is 23.7 Å². The molecule has 0 saturated heterocycles. The van der Waals surface area contributed by atoms with Gasteiger partial charge >= 0.3 is 0 Å². The van der Waals surface area contributed by atoms with E-state index in [0.29, 0.717) is 5.02 Å². The van der Waals surface area contributed by atoms with Gasteiger partial charge in [0.25, 0.3) is 0 Å². The zero-order chi connectivity index (χ0) is 16.8. The van der Waals surface area contributed by atoms with Gasteiger partial charge in [0.1, 0.15) is 11.7 Å². The quantitative estimate of drug-likeness (QED) is 0.623. The smallest absolute Gasteiger partial charge is 0.151 e. The average Bonchev–Trinajstić information content (AvgIpc) is 3.31. The number of benzene rings is 2. The first-order chi connectivity index (χ1) is 12.3. The van der Waals surface area contributed by atoms with Crippen LogP contribution in [-0.4, -0.2) is 23.8 Å². The van der Waals surface area contributed by atoms with E-state index in [0.717, 1.165) is 61.0 Å². The van der Waals surface area contributed by atoms with Crippen LogP contribution in [0.2, 0.25) is 5.02 Å². The third kappa shape index (κ3) is 2.74. The lowest BCUT2D eigenvalue weighted by Gasteiger charge is -2.37. The van der Waals surface area contributed by atoms with E-state index < -0.39 is 0 Å². The topological polar surface area (TPSA) is 28.1 Å². The summed E-state index contributed by atoms with van der Waals surface area (Å²) >= 11 is 6.30. The number of aliphatic imine (C=N–C) groups is 1. The SMILES string of the molecule is Cl.Clc1ccc2c(c1)N(C1=CCCN1C1=NCCC1)c1ccccc1O2. The van der Waals surface area contributed by atoms with E-state index in [9.17, 15) is 0 Å². The molecule has 0 atom stereocenters. The summed E-state index contributed by atoms with van der Waals surface area (Å²) in [6, 6.07) is 13.9. The normalized spacial score (nSPS) is 17.7. The molecule has 4 nitrogen and oxygen atoms in total. The van der Waals surface area contributed by atoms with Gasteiger partial charge in [0.2, 0.25) is 0 Å². The van der Waals surface area contributed by atoms with Gasteiger partial charge in [-0.25, -0.2) is 0 Å². The van der Waals surface area contributed by atoms with E-state index in [1.807, 2.05) is 36.4 Å². The van der Waals surface area contributed by atoms with Crippen LogP contribution >= 0.6 is 24.0 Å². The van der Waals surface area contributed by atoms with Gasteiger partial charge in [-0.15, -0.1) is 12.4 Å². The van der Waals surface area contributed by atoms with E-state index in [-0.39, 0.29) is 12.4 Å². The number of hydrogen-bond acceptors (Lipinski definition) is 4. The fraction of sp³-hybridized carbons (Fsp3) is 0.250. The Balaban J connectivity index is 0.00000168. The van der Waals surface area contributed by atoms with E-state index in [1.165, 1.54) is 5.84 Å². The molecule has 2 aromatic rings. The molecular formula is C20H19Cl2N3O. The fourth-order valence-electron chi connectivity index (χ4n) is 3.74. The molecule has 0 amide bonds. The highest BCUT2D eigenvalue weighted by atomic mass is 35.5. The molecule has 2 aromatic carbocycles. The minimum absolute atomic E-state index is 0. The molecule has 134 valence electrons. The highest BCUT2D eigenvalue weighted by Crippen LogP contribution is 2.50. The molecule has 3 aliphatic heterocycles. The molecule has 0 aliphatic carbocycles. The summed E-state index contributed by atoms with van der Waals surface area (Å²) in [4.78, 5) is 9.31. The molecule has 26 heavy (non-hydrogen) atoms. The van der Waals surface area contributed by atoms with Crippen molar-refractivity contribution in [3.05, 3.63) is 59.4 Å². The Morgan fingerprint density at radius 3 is 2.73 bits per heavy atom. The monoisotopic (exact) mass is 387 g/mol. The van der Waals surface area contributed by atoms with Crippen molar-refractivity contribution >= 4 is 41.2 Å². The summed E-state index contributed by atoms with van der Waals surface area (Å²) in [5, 5.41) is 0.704. The number of halogens is 2. The van der Waals surface area contributed by atoms with Gasteiger partial charge in [-0.3, -0.25) is 9.89 Å². The van der Waals surface area contributed by atoms with Crippen molar-refractivity contribution in [1.29, 1.82) is 0 Å². The van der Waals surface area contributed by atoms with Crippen molar-refractivity contribution in [2.45, 2.75) is 19.3 Å². The van der Waals surface area contributed by atoms with Gasteiger partial charge in [-0.2, -0.15) is 0 Å². The molecular weight excluding hydrogens is 369 g/mol. The Bertz CT molecular complexity index is 910. The van der Waals surface area contributed by atoms with Crippen LogP contribution in [0, 0.1) is 0 Å². The van der Waals surface area contributed by atoms with Crippen LogP contribution in [0.15, 0.2) is 59.4 Å². The molecule has 6 heteroatoms. The summed E-state index contributed by atoms with van der Waals surface area (Å²) in [7, 11) is 0. The number of amidine groups is 1. The van der Waals surface area contributed by atoms with Gasteiger partial charge < -0.3 is 9.64 Å². The van der Waals surface area contributed by atoms with Crippen molar-refractivity contribution in [3.63, 3.8) is 0 Å². The second kappa shape index (κ2) is 6.86. The lowest BCUT2D eigenvalue weighted by molar-refractivity contribution is 0.467. The fourth-order valence-corrected chi connectivity index (χ4v) is 3.91. The molecule has 0 spiro atoms. The lowest BCUT2D eigenvalue weighted by Crippen LogP contribution is -2.35. The van der Waals surface area contributed by atoms with E-state index in [1.54, 1.807) is 0 Å². The number of nitrogens with zero attached hydrogens (tertiary/aromatic N) is 3. The highest BCUT2D eigenvalue weighted by molar-refractivity contribution is 6.31. The van der Waals surface area contributed by atoms with Gasteiger partial charge in [0, 0.05) is 24.5 Å². The third-order valence-corrected chi connectivity index (χ3v) is 5.07. The molecule has 0 aromatic heterocycles. The summed E-state index contributed by atoms with van der Waals surface area (Å²) in [6.07, 6.45) is 5.49. The molecule has 0 fully saturated rings. The number of hydrogen-bond donors (Lipinski definition) is 0. The molecule has 3 aliphatic rings. The first kappa shape index (κ1) is 17.3. The van der Waals surface area contributed by atoms with Crippen molar-refractivity contribution < 1.29 is 4.74 Å². The van der Waals surface area contributed by atoms with E-state index in [4.69, 9.17) is 21.3 Å². The molecule has 0 radical (unpaired) electrons. The van der Waals surface area contributed by atoms with Crippen LogP contribution in [0.4, 0.5) is 11.4 Å². The second-order valence-electron chi connectivity index (χ2n) is 6.42. The first-order valence-electron chi connectivity index (χ1n) is 8.69. The summed E-state index contributed by atoms with van der Waals surface area (Å²) in [5.74, 6) is 4.03. The maximum atomic E-state index is 6.30. The summed E-state index contributed by atoms with van der Waals surface area (Å²) < 4.78 is 6.11. The van der Waals surface area contributed by atoms with Crippen molar-refractivity contribution in [3.8, 4) is 11.5 Å². The van der Waals surface area contributed by atoms with Gasteiger partial charge in [0.15, 0.2) is 11.5 Å². The molecule has 0 bridgehead atoms.